The smallest absolute Gasteiger partial charge is 0.0281 e. The van der Waals surface area contributed by atoms with Crippen molar-refractivity contribution in [3.63, 3.8) is 0 Å². The van der Waals surface area contributed by atoms with E-state index in [1.54, 1.807) is 15.9 Å². The van der Waals surface area contributed by atoms with Gasteiger partial charge < -0.3 is 0 Å². The second-order valence-corrected chi connectivity index (χ2v) is 17.0. The van der Waals surface area contributed by atoms with Gasteiger partial charge in [-0.25, -0.2) is 0 Å². The van der Waals surface area contributed by atoms with Gasteiger partial charge in [0.25, 0.3) is 0 Å². The van der Waals surface area contributed by atoms with Crippen LogP contribution in [-0.4, -0.2) is 15.9 Å². The summed E-state index contributed by atoms with van der Waals surface area (Å²) >= 11 is 0. The van der Waals surface area contributed by atoms with Crippen LogP contribution in [0.5, 0.6) is 0 Å². The molecule has 1 saturated carbocycles. The lowest BCUT2D eigenvalue weighted by atomic mass is 9.95. The lowest BCUT2D eigenvalue weighted by molar-refractivity contribution is 0.846. The first-order valence-corrected chi connectivity index (χ1v) is 18.7. The minimum atomic E-state index is 0.510. The van der Waals surface area contributed by atoms with Gasteiger partial charge in [0, 0.05) is 31.8 Å². The zero-order valence-electron chi connectivity index (χ0n) is 28.0. The van der Waals surface area contributed by atoms with Crippen molar-refractivity contribution in [3.05, 3.63) is 88.0 Å². The van der Waals surface area contributed by atoms with E-state index in [2.05, 4.69) is 138 Å². The normalized spacial score (nSPS) is 14.0. The third-order valence-corrected chi connectivity index (χ3v) is 13.1. The Labute approximate surface area is 262 Å². The zero-order chi connectivity index (χ0) is 30.9. The van der Waals surface area contributed by atoms with Gasteiger partial charge in [0.2, 0.25) is 0 Å². The first-order valence-electron chi connectivity index (χ1n) is 16.0. The first kappa shape index (κ1) is 33.1. The molecule has 3 aromatic rings. The molecule has 222 valence electrons. The fraction of sp³-hybridized carbons (Fsp3) is 0.462. The molecule has 0 saturated heterocycles. The Hall–Kier alpha value is -1.83. The SMILES string of the molecule is CC(C)c1cccc(C(C)C)c1P=C1C(=Pc2c(C(C)C)cccc2C(C)C)C1=Pc1c(C(C)C)cccc1C(C)C. The van der Waals surface area contributed by atoms with Crippen molar-refractivity contribution in [2.24, 2.45) is 0 Å². The van der Waals surface area contributed by atoms with E-state index in [1.165, 1.54) is 73.9 Å². The number of hydrogen-bond donors (Lipinski definition) is 0. The van der Waals surface area contributed by atoms with E-state index in [4.69, 9.17) is 0 Å². The Balaban J connectivity index is 2.05. The van der Waals surface area contributed by atoms with Gasteiger partial charge >= 0.3 is 0 Å². The highest BCUT2D eigenvalue weighted by Crippen LogP contribution is 2.36. The Kier molecular flexibility index (Phi) is 10.9. The maximum absolute atomic E-state index is 2.37. The van der Waals surface area contributed by atoms with Crippen molar-refractivity contribution in [2.45, 2.75) is 119 Å². The summed E-state index contributed by atoms with van der Waals surface area (Å²) in [7, 11) is 4.16. The van der Waals surface area contributed by atoms with Gasteiger partial charge in [-0.3, -0.25) is 0 Å². The van der Waals surface area contributed by atoms with E-state index < -0.39 is 0 Å². The average Bonchev–Trinajstić information content (AvgIpc) is 3.56. The van der Waals surface area contributed by atoms with E-state index in [9.17, 15) is 0 Å². The molecule has 0 unspecified atom stereocenters. The summed E-state index contributed by atoms with van der Waals surface area (Å²) in [5, 5.41) is 9.35. The molecule has 0 heterocycles. The molecule has 42 heavy (non-hydrogen) atoms. The van der Waals surface area contributed by atoms with E-state index in [1.807, 2.05) is 0 Å². The summed E-state index contributed by atoms with van der Waals surface area (Å²) in [6, 6.07) is 21.0. The molecule has 0 aromatic heterocycles. The lowest BCUT2D eigenvalue weighted by Gasteiger charge is -2.16. The molecule has 0 amide bonds. The summed E-state index contributed by atoms with van der Waals surface area (Å²) in [5.74, 6) is 3.06. The summed E-state index contributed by atoms with van der Waals surface area (Å²) in [5.41, 5.74) is 9.03. The summed E-state index contributed by atoms with van der Waals surface area (Å²) in [4.78, 5) is 0. The minimum absolute atomic E-state index is 0.510. The lowest BCUT2D eigenvalue weighted by Crippen LogP contribution is -2.13. The molecule has 0 N–H and O–H groups in total. The average molecular weight is 613 g/mol. The predicted molar refractivity (Wildman–Crippen MR) is 199 cm³/mol. The summed E-state index contributed by atoms with van der Waals surface area (Å²) in [6.07, 6.45) is 0. The summed E-state index contributed by atoms with van der Waals surface area (Å²) in [6.45, 7) is 28.2. The van der Waals surface area contributed by atoms with E-state index >= 15 is 0 Å². The van der Waals surface area contributed by atoms with Crippen LogP contribution in [0.15, 0.2) is 54.6 Å². The van der Waals surface area contributed by atoms with Crippen molar-refractivity contribution in [1.82, 2.24) is 0 Å². The fourth-order valence-corrected chi connectivity index (χ4v) is 11.5. The van der Waals surface area contributed by atoms with Gasteiger partial charge in [-0.2, -0.15) is 0 Å². The first-order chi connectivity index (χ1) is 19.8. The standard InChI is InChI=1S/C39H51P3/c1-22(2)28-16-13-17-29(23(3)4)34(28)40-37-38(41-35-30(24(5)6)18-14-19-31(35)25(7)8)39(37)42-36-32(26(9)10)20-15-21-33(36)27(11)12/h13-27H,1-12H3. The second kappa shape index (κ2) is 13.9. The maximum Gasteiger partial charge on any atom is 0.0281 e. The third-order valence-electron chi connectivity index (χ3n) is 8.31. The largest absolute Gasteiger partial charge is 0.0616 e. The van der Waals surface area contributed by atoms with Crippen LogP contribution in [0.4, 0.5) is 0 Å². The van der Waals surface area contributed by atoms with Crippen molar-refractivity contribution >= 4 is 56.4 Å². The highest BCUT2D eigenvalue weighted by molar-refractivity contribution is 7.83. The number of hydrogen-bond acceptors (Lipinski definition) is 0. The predicted octanol–water partition coefficient (Wildman–Crippen LogP) is 11.1. The molecule has 1 fully saturated rings. The van der Waals surface area contributed by atoms with Crippen LogP contribution >= 0.6 is 24.6 Å². The van der Waals surface area contributed by atoms with E-state index in [-0.39, 0.29) is 0 Å². The van der Waals surface area contributed by atoms with Crippen LogP contribution in [0, 0.1) is 0 Å². The van der Waals surface area contributed by atoms with E-state index in [0.717, 1.165) is 0 Å². The van der Waals surface area contributed by atoms with E-state index in [0.29, 0.717) is 35.5 Å². The molecule has 0 atom stereocenters. The Morgan fingerprint density at radius 1 is 0.310 bits per heavy atom. The van der Waals surface area contributed by atoms with Gasteiger partial charge in [-0.05, 0) is 68.9 Å². The van der Waals surface area contributed by atoms with Crippen molar-refractivity contribution in [1.29, 1.82) is 0 Å². The number of rotatable bonds is 9. The van der Waals surface area contributed by atoms with Gasteiger partial charge in [-0.1, -0.05) is 162 Å². The highest BCUT2D eigenvalue weighted by Gasteiger charge is 2.35. The molecule has 0 bridgehead atoms. The Bertz CT molecular complexity index is 1250. The molecule has 0 spiro atoms. The molecule has 4 rings (SSSR count). The van der Waals surface area contributed by atoms with Crippen LogP contribution in [0.2, 0.25) is 0 Å². The monoisotopic (exact) mass is 612 g/mol. The molecule has 1 aliphatic carbocycles. The molecular formula is C39H51P3. The molecule has 3 heteroatoms. The van der Waals surface area contributed by atoms with Crippen molar-refractivity contribution < 1.29 is 0 Å². The van der Waals surface area contributed by atoms with Crippen molar-refractivity contribution in [3.8, 4) is 0 Å². The Morgan fingerprint density at radius 3 is 0.619 bits per heavy atom. The number of benzene rings is 3. The van der Waals surface area contributed by atoms with Gasteiger partial charge in [-0.15, -0.1) is 0 Å². The van der Waals surface area contributed by atoms with Crippen LogP contribution < -0.4 is 15.9 Å². The fourth-order valence-electron chi connectivity index (χ4n) is 5.73. The van der Waals surface area contributed by atoms with Crippen LogP contribution in [0.1, 0.15) is 152 Å². The van der Waals surface area contributed by atoms with Gasteiger partial charge in [0.05, 0.1) is 0 Å². The Morgan fingerprint density at radius 2 is 0.476 bits per heavy atom. The van der Waals surface area contributed by atoms with Crippen LogP contribution in [0.25, 0.3) is 0 Å². The minimum Gasteiger partial charge on any atom is -0.0616 e. The second-order valence-electron chi connectivity index (χ2n) is 13.7. The quantitative estimate of drug-likeness (QED) is 0.211. The summed E-state index contributed by atoms with van der Waals surface area (Å²) < 4.78 is 0. The topological polar surface area (TPSA) is 0 Å². The third kappa shape index (κ3) is 7.10. The molecule has 3 aromatic carbocycles. The highest BCUT2D eigenvalue weighted by atomic mass is 31.1. The van der Waals surface area contributed by atoms with Crippen LogP contribution in [-0.2, 0) is 0 Å². The van der Waals surface area contributed by atoms with Gasteiger partial charge in [0.15, 0.2) is 0 Å². The molecule has 0 aliphatic heterocycles. The van der Waals surface area contributed by atoms with Crippen molar-refractivity contribution in [2.75, 3.05) is 0 Å². The molecule has 0 radical (unpaired) electrons. The van der Waals surface area contributed by atoms with Crippen LogP contribution in [0.3, 0.4) is 0 Å². The molecule has 1 aliphatic rings. The zero-order valence-corrected chi connectivity index (χ0v) is 30.7. The van der Waals surface area contributed by atoms with Gasteiger partial charge in [0.1, 0.15) is 0 Å². The molecular weight excluding hydrogens is 561 g/mol. The molecule has 0 nitrogen and oxygen atoms in total. The maximum atomic E-state index is 2.37.